The molecule has 13 heavy (non-hydrogen) atoms. The van der Waals surface area contributed by atoms with Gasteiger partial charge >= 0.3 is 0 Å². The van der Waals surface area contributed by atoms with E-state index in [1.807, 2.05) is 0 Å². The van der Waals surface area contributed by atoms with Gasteiger partial charge in [-0.25, -0.2) is 0 Å². The average Bonchev–Trinajstić information content (AvgIpc) is 1.98. The van der Waals surface area contributed by atoms with Crippen LogP contribution < -0.4 is 0 Å². The fourth-order valence-electron chi connectivity index (χ4n) is 1.04. The van der Waals surface area contributed by atoms with Crippen LogP contribution in [0.25, 0.3) is 0 Å². The molecule has 1 heterocycles. The van der Waals surface area contributed by atoms with E-state index in [-0.39, 0.29) is 0 Å². The van der Waals surface area contributed by atoms with Gasteiger partial charge in [0, 0.05) is 0 Å². The highest BCUT2D eigenvalue weighted by atomic mass is 32.2. The Hall–Kier alpha value is -0.250. The Morgan fingerprint density at radius 3 is 2.15 bits per heavy atom. The highest BCUT2D eigenvalue weighted by molar-refractivity contribution is 7.86. The fraction of sp³-hybridized carbons (Fsp3) is 1.00. The van der Waals surface area contributed by atoms with Gasteiger partial charge in [0.15, 0.2) is 0 Å². The van der Waals surface area contributed by atoms with Crippen LogP contribution in [-0.2, 0) is 14.9 Å². The van der Waals surface area contributed by atoms with E-state index in [2.05, 4.69) is 4.74 Å². The lowest BCUT2D eigenvalue weighted by Gasteiger charge is -2.33. The molecule has 1 fully saturated rings. The summed E-state index contributed by atoms with van der Waals surface area (Å²) in [6.07, 6.45) is -4.84. The van der Waals surface area contributed by atoms with Gasteiger partial charge < -0.3 is 20.1 Å². The van der Waals surface area contributed by atoms with Crippen LogP contribution in [-0.4, -0.2) is 58.6 Å². The van der Waals surface area contributed by atoms with Crippen molar-refractivity contribution in [3.05, 3.63) is 0 Å². The van der Waals surface area contributed by atoms with Crippen LogP contribution in [0.4, 0.5) is 0 Å². The Labute approximate surface area is 74.3 Å². The van der Waals surface area contributed by atoms with Crippen LogP contribution in [0.2, 0.25) is 0 Å². The molecule has 78 valence electrons. The molecule has 0 spiro atoms. The summed E-state index contributed by atoms with van der Waals surface area (Å²) >= 11 is 0. The summed E-state index contributed by atoms with van der Waals surface area (Å²) in [4.78, 5) is 0. The maximum absolute atomic E-state index is 10.5. The van der Waals surface area contributed by atoms with Crippen molar-refractivity contribution in [2.75, 3.05) is 6.61 Å². The van der Waals surface area contributed by atoms with E-state index in [0.29, 0.717) is 0 Å². The Balaban J connectivity index is 2.82. The zero-order valence-electron chi connectivity index (χ0n) is 6.44. The second-order valence-corrected chi connectivity index (χ2v) is 4.26. The van der Waals surface area contributed by atoms with E-state index in [1.54, 1.807) is 0 Å². The molecule has 1 aliphatic rings. The summed E-state index contributed by atoms with van der Waals surface area (Å²) in [6, 6.07) is 0. The Morgan fingerprint density at radius 2 is 1.69 bits per heavy atom. The topological polar surface area (TPSA) is 124 Å². The Morgan fingerprint density at radius 1 is 1.15 bits per heavy atom. The zero-order chi connectivity index (χ0) is 10.2. The van der Waals surface area contributed by atoms with Gasteiger partial charge in [-0.05, 0) is 0 Å². The van der Waals surface area contributed by atoms with Gasteiger partial charge in [0.25, 0.3) is 10.1 Å². The molecule has 0 aromatic carbocycles. The largest absolute Gasteiger partial charge is 0.388 e. The summed E-state index contributed by atoms with van der Waals surface area (Å²) in [5, 5.41) is 27.0. The van der Waals surface area contributed by atoms with Crippen molar-refractivity contribution in [3.63, 3.8) is 0 Å². The average molecular weight is 214 g/mol. The SMILES string of the molecule is O=S(=O)(O)C1OC[C@@H](O)[C@H](O)[C@H]1O. The minimum atomic E-state index is -4.57. The third-order valence-corrected chi connectivity index (χ3v) is 2.75. The predicted octanol–water partition coefficient (Wildman–Crippen LogP) is -2.69. The smallest absolute Gasteiger partial charge is 0.295 e. The summed E-state index contributed by atoms with van der Waals surface area (Å²) < 4.78 is 34.0. The quantitative estimate of drug-likeness (QED) is 0.350. The third kappa shape index (κ3) is 2.16. The number of hydrogen-bond acceptors (Lipinski definition) is 6. The molecule has 0 bridgehead atoms. The van der Waals surface area contributed by atoms with Crippen LogP contribution >= 0.6 is 0 Å². The van der Waals surface area contributed by atoms with Gasteiger partial charge in [-0.15, -0.1) is 0 Å². The number of aliphatic hydroxyl groups excluding tert-OH is 3. The van der Waals surface area contributed by atoms with Crippen molar-refractivity contribution >= 4 is 10.1 Å². The van der Waals surface area contributed by atoms with E-state index in [1.165, 1.54) is 0 Å². The molecule has 4 N–H and O–H groups in total. The summed E-state index contributed by atoms with van der Waals surface area (Å²) in [7, 11) is -4.57. The number of rotatable bonds is 1. The first-order valence-electron chi connectivity index (χ1n) is 3.46. The highest BCUT2D eigenvalue weighted by Crippen LogP contribution is 2.18. The number of hydrogen-bond donors (Lipinski definition) is 4. The van der Waals surface area contributed by atoms with Crippen LogP contribution in [0.15, 0.2) is 0 Å². The zero-order valence-corrected chi connectivity index (χ0v) is 7.25. The van der Waals surface area contributed by atoms with E-state index >= 15 is 0 Å². The molecule has 1 unspecified atom stereocenters. The van der Waals surface area contributed by atoms with E-state index in [4.69, 9.17) is 19.9 Å². The van der Waals surface area contributed by atoms with E-state index in [9.17, 15) is 8.42 Å². The first-order valence-corrected chi connectivity index (χ1v) is 4.96. The Kier molecular flexibility index (Phi) is 2.90. The monoisotopic (exact) mass is 214 g/mol. The molecule has 1 rings (SSSR count). The molecule has 0 aromatic heterocycles. The molecular formula is C5H10O7S. The lowest BCUT2D eigenvalue weighted by atomic mass is 10.1. The minimum Gasteiger partial charge on any atom is -0.388 e. The number of aliphatic hydroxyl groups is 3. The van der Waals surface area contributed by atoms with Crippen molar-refractivity contribution < 1.29 is 33.0 Å². The molecule has 8 heteroatoms. The van der Waals surface area contributed by atoms with Crippen LogP contribution in [0.1, 0.15) is 0 Å². The first-order chi connectivity index (χ1) is 5.84. The van der Waals surface area contributed by atoms with E-state index < -0.39 is 40.5 Å². The van der Waals surface area contributed by atoms with Gasteiger partial charge in [0.1, 0.15) is 18.3 Å². The maximum atomic E-state index is 10.5. The second kappa shape index (κ2) is 3.48. The molecule has 0 radical (unpaired) electrons. The molecule has 0 aliphatic carbocycles. The molecular weight excluding hydrogens is 204 g/mol. The predicted molar refractivity (Wildman–Crippen MR) is 39.3 cm³/mol. The van der Waals surface area contributed by atoms with Crippen molar-refractivity contribution in [1.29, 1.82) is 0 Å². The van der Waals surface area contributed by atoms with Crippen molar-refractivity contribution in [1.82, 2.24) is 0 Å². The highest BCUT2D eigenvalue weighted by Gasteiger charge is 2.43. The van der Waals surface area contributed by atoms with Crippen LogP contribution in [0.5, 0.6) is 0 Å². The molecule has 4 atom stereocenters. The molecule has 7 nitrogen and oxygen atoms in total. The Bertz CT molecular complexity index is 273. The standard InChI is InChI=1S/C5H10O7S/c6-2-1-12-5(13(9,10)11)4(8)3(2)7/h2-8H,1H2,(H,9,10,11)/t2-,3+,4-,5?/m1/s1. The van der Waals surface area contributed by atoms with Crippen molar-refractivity contribution in [3.8, 4) is 0 Å². The number of ether oxygens (including phenoxy) is 1. The van der Waals surface area contributed by atoms with Crippen molar-refractivity contribution in [2.45, 2.75) is 23.7 Å². The van der Waals surface area contributed by atoms with Crippen LogP contribution in [0.3, 0.4) is 0 Å². The van der Waals surface area contributed by atoms with Gasteiger partial charge in [-0.3, -0.25) is 4.55 Å². The van der Waals surface area contributed by atoms with Gasteiger partial charge in [0.05, 0.1) is 6.61 Å². The van der Waals surface area contributed by atoms with Gasteiger partial charge in [-0.1, -0.05) is 0 Å². The summed E-state index contributed by atoms with van der Waals surface area (Å²) in [6.45, 7) is -0.456. The van der Waals surface area contributed by atoms with Gasteiger partial charge in [-0.2, -0.15) is 8.42 Å². The van der Waals surface area contributed by atoms with Crippen molar-refractivity contribution in [2.24, 2.45) is 0 Å². The molecule has 0 aromatic rings. The second-order valence-electron chi connectivity index (χ2n) is 2.77. The molecule has 1 aliphatic heterocycles. The normalized spacial score (nSPS) is 41.8. The molecule has 0 saturated carbocycles. The molecule has 1 saturated heterocycles. The molecule has 0 amide bonds. The first kappa shape index (κ1) is 10.8. The third-order valence-electron chi connectivity index (χ3n) is 1.75. The summed E-state index contributed by atoms with van der Waals surface area (Å²) in [5.74, 6) is 0. The summed E-state index contributed by atoms with van der Waals surface area (Å²) in [5.41, 5.74) is -1.90. The fourth-order valence-corrected chi connectivity index (χ4v) is 1.81. The van der Waals surface area contributed by atoms with Crippen LogP contribution in [0, 0.1) is 0 Å². The maximum Gasteiger partial charge on any atom is 0.295 e. The van der Waals surface area contributed by atoms with E-state index in [0.717, 1.165) is 0 Å². The van der Waals surface area contributed by atoms with Gasteiger partial charge in [0.2, 0.25) is 5.44 Å². The lowest BCUT2D eigenvalue weighted by Crippen LogP contribution is -2.55. The lowest BCUT2D eigenvalue weighted by molar-refractivity contribution is -0.165. The minimum absolute atomic E-state index is 0.456.